The van der Waals surface area contributed by atoms with E-state index in [1.807, 2.05) is 18.2 Å². The third kappa shape index (κ3) is 3.82. The highest BCUT2D eigenvalue weighted by atomic mass is 16.2. The molecular formula is C18H24N4O3. The predicted molar refractivity (Wildman–Crippen MR) is 94.0 cm³/mol. The van der Waals surface area contributed by atoms with Crippen molar-refractivity contribution in [2.24, 2.45) is 0 Å². The number of likely N-dealkylation sites (N-methyl/N-ethyl adjacent to an activating group) is 1. The van der Waals surface area contributed by atoms with Crippen LogP contribution in [0.5, 0.6) is 0 Å². The highest BCUT2D eigenvalue weighted by Gasteiger charge is 2.36. The fourth-order valence-corrected chi connectivity index (χ4v) is 3.41. The summed E-state index contributed by atoms with van der Waals surface area (Å²) < 4.78 is 0. The molecule has 134 valence electrons. The molecule has 3 amide bonds. The van der Waals surface area contributed by atoms with Crippen LogP contribution in [0.15, 0.2) is 24.3 Å². The van der Waals surface area contributed by atoms with E-state index in [2.05, 4.69) is 15.5 Å². The second-order valence-electron chi connectivity index (χ2n) is 6.52. The van der Waals surface area contributed by atoms with Crippen LogP contribution in [0.2, 0.25) is 0 Å². The molecule has 0 bridgehead atoms. The van der Waals surface area contributed by atoms with Gasteiger partial charge in [0.1, 0.15) is 6.04 Å². The van der Waals surface area contributed by atoms with E-state index < -0.39 is 17.9 Å². The maximum Gasteiger partial charge on any atom is 0.310 e. The van der Waals surface area contributed by atoms with E-state index in [4.69, 9.17) is 0 Å². The van der Waals surface area contributed by atoms with Crippen LogP contribution in [-0.4, -0.2) is 55.8 Å². The van der Waals surface area contributed by atoms with E-state index in [1.165, 1.54) is 24.2 Å². The summed E-state index contributed by atoms with van der Waals surface area (Å²) in [6, 6.07) is 6.44. The molecule has 2 N–H and O–H groups in total. The van der Waals surface area contributed by atoms with Crippen LogP contribution in [0.3, 0.4) is 0 Å². The Morgan fingerprint density at radius 3 is 2.60 bits per heavy atom. The molecule has 0 radical (unpaired) electrons. The summed E-state index contributed by atoms with van der Waals surface area (Å²) in [4.78, 5) is 40.2. The lowest BCUT2D eigenvalue weighted by Crippen LogP contribution is -2.46. The number of anilines is 1. The fourth-order valence-electron chi connectivity index (χ4n) is 3.41. The topological polar surface area (TPSA) is 81.8 Å². The number of nitrogens with one attached hydrogen (secondary N) is 2. The van der Waals surface area contributed by atoms with Crippen LogP contribution >= 0.6 is 0 Å². The van der Waals surface area contributed by atoms with Crippen LogP contribution in [0.4, 0.5) is 5.69 Å². The van der Waals surface area contributed by atoms with E-state index >= 15 is 0 Å². The monoisotopic (exact) mass is 344 g/mol. The summed E-state index contributed by atoms with van der Waals surface area (Å²) in [5.41, 5.74) is 1.47. The Morgan fingerprint density at radius 2 is 1.84 bits per heavy atom. The molecule has 0 spiro atoms. The zero-order valence-electron chi connectivity index (χ0n) is 14.5. The van der Waals surface area contributed by atoms with Gasteiger partial charge in [-0.1, -0.05) is 24.6 Å². The van der Waals surface area contributed by atoms with Gasteiger partial charge in [0, 0.05) is 31.4 Å². The number of nitrogens with zero attached hydrogens (tertiary/aromatic N) is 2. The van der Waals surface area contributed by atoms with E-state index in [0.29, 0.717) is 12.1 Å². The van der Waals surface area contributed by atoms with Gasteiger partial charge in [0.05, 0.1) is 0 Å². The normalized spacial score (nSPS) is 20.3. The number of rotatable bonds is 4. The van der Waals surface area contributed by atoms with Gasteiger partial charge in [0.2, 0.25) is 0 Å². The Bertz CT molecular complexity index is 670. The van der Waals surface area contributed by atoms with Gasteiger partial charge in [-0.15, -0.1) is 0 Å². The molecule has 0 aromatic heterocycles. The van der Waals surface area contributed by atoms with Crippen molar-refractivity contribution in [1.29, 1.82) is 0 Å². The predicted octanol–water partition coefficient (Wildman–Crippen LogP) is 0.422. The van der Waals surface area contributed by atoms with Crippen LogP contribution in [0.25, 0.3) is 0 Å². The van der Waals surface area contributed by atoms with E-state index in [-0.39, 0.29) is 5.91 Å². The second kappa shape index (κ2) is 7.65. The summed E-state index contributed by atoms with van der Waals surface area (Å²) in [6.07, 6.45) is 3.63. The van der Waals surface area contributed by atoms with Crippen molar-refractivity contribution in [3.8, 4) is 0 Å². The minimum Gasteiger partial charge on any atom is -0.347 e. The summed E-state index contributed by atoms with van der Waals surface area (Å²) in [6.45, 7) is 3.26. The Morgan fingerprint density at radius 1 is 1.12 bits per heavy atom. The van der Waals surface area contributed by atoms with E-state index in [0.717, 1.165) is 25.3 Å². The molecule has 0 aliphatic carbocycles. The number of hydrogen-bond acceptors (Lipinski definition) is 4. The SMILES string of the molecule is CN1C(=O)[C@H](NC(=O)C(=O)NCCN2CCCCC2)c2ccccc21. The number of hydrogen-bond donors (Lipinski definition) is 2. The number of carbonyl (C=O) groups is 3. The summed E-state index contributed by atoms with van der Waals surface area (Å²) >= 11 is 0. The molecule has 1 aromatic rings. The highest BCUT2D eigenvalue weighted by Crippen LogP contribution is 2.34. The first-order chi connectivity index (χ1) is 12.1. The number of para-hydroxylation sites is 1. The number of amides is 3. The number of fused-ring (bicyclic) bond motifs is 1. The van der Waals surface area contributed by atoms with Crippen molar-refractivity contribution < 1.29 is 14.4 Å². The first-order valence-electron chi connectivity index (χ1n) is 8.75. The molecule has 7 nitrogen and oxygen atoms in total. The molecule has 2 heterocycles. The molecule has 2 aliphatic heterocycles. The maximum atomic E-state index is 12.3. The number of benzene rings is 1. The zero-order valence-corrected chi connectivity index (χ0v) is 14.5. The lowest BCUT2D eigenvalue weighted by atomic mass is 10.1. The van der Waals surface area contributed by atoms with Gasteiger partial charge in [-0.2, -0.15) is 0 Å². The Hall–Kier alpha value is -2.41. The lowest BCUT2D eigenvalue weighted by molar-refractivity contribution is -0.140. The van der Waals surface area contributed by atoms with Crippen molar-refractivity contribution >= 4 is 23.4 Å². The molecule has 1 saturated heterocycles. The first kappa shape index (κ1) is 17.4. The first-order valence-corrected chi connectivity index (χ1v) is 8.75. The minimum atomic E-state index is -0.804. The van der Waals surface area contributed by atoms with Gasteiger partial charge in [-0.25, -0.2) is 0 Å². The van der Waals surface area contributed by atoms with Gasteiger partial charge >= 0.3 is 11.8 Å². The molecule has 3 rings (SSSR count). The van der Waals surface area contributed by atoms with Gasteiger partial charge in [-0.05, 0) is 32.0 Å². The third-order valence-electron chi connectivity index (χ3n) is 4.83. The third-order valence-corrected chi connectivity index (χ3v) is 4.83. The summed E-state index contributed by atoms with van der Waals surface area (Å²) in [7, 11) is 1.66. The van der Waals surface area contributed by atoms with Crippen LogP contribution in [0.1, 0.15) is 30.9 Å². The second-order valence-corrected chi connectivity index (χ2v) is 6.52. The van der Waals surface area contributed by atoms with Gasteiger partial charge in [0.15, 0.2) is 0 Å². The molecule has 1 fully saturated rings. The van der Waals surface area contributed by atoms with Crippen molar-refractivity contribution in [2.75, 3.05) is 38.1 Å². The van der Waals surface area contributed by atoms with Crippen molar-refractivity contribution in [1.82, 2.24) is 15.5 Å². The van der Waals surface area contributed by atoms with Crippen LogP contribution < -0.4 is 15.5 Å². The molecule has 7 heteroatoms. The average Bonchev–Trinajstić information content (AvgIpc) is 2.88. The number of likely N-dealkylation sites (tertiary alicyclic amines) is 1. The quantitative estimate of drug-likeness (QED) is 0.776. The van der Waals surface area contributed by atoms with E-state index in [9.17, 15) is 14.4 Å². The summed E-state index contributed by atoms with van der Waals surface area (Å²) in [5, 5.41) is 5.18. The van der Waals surface area contributed by atoms with Crippen LogP contribution in [-0.2, 0) is 14.4 Å². The molecular weight excluding hydrogens is 320 g/mol. The number of piperidine rings is 1. The Labute approximate surface area is 147 Å². The Kier molecular flexibility index (Phi) is 5.33. The van der Waals surface area contributed by atoms with Crippen molar-refractivity contribution in [3.63, 3.8) is 0 Å². The standard InChI is InChI=1S/C18H24N4O3/c1-21-14-8-4-3-7-13(14)15(18(21)25)20-17(24)16(23)19-9-12-22-10-5-2-6-11-22/h3-4,7-8,15H,2,5-6,9-12H2,1H3,(H,19,23)(H,20,24)/t15-/m1/s1. The number of carbonyl (C=O) groups excluding carboxylic acids is 3. The van der Waals surface area contributed by atoms with E-state index in [1.54, 1.807) is 13.1 Å². The average molecular weight is 344 g/mol. The van der Waals surface area contributed by atoms with Gasteiger partial charge in [0.25, 0.3) is 5.91 Å². The molecule has 1 aromatic carbocycles. The fraction of sp³-hybridized carbons (Fsp3) is 0.500. The summed E-state index contributed by atoms with van der Waals surface area (Å²) in [5.74, 6) is -1.71. The molecule has 25 heavy (non-hydrogen) atoms. The zero-order chi connectivity index (χ0) is 17.8. The highest BCUT2D eigenvalue weighted by molar-refractivity contribution is 6.35. The van der Waals surface area contributed by atoms with Crippen molar-refractivity contribution in [2.45, 2.75) is 25.3 Å². The Balaban J connectivity index is 1.51. The maximum absolute atomic E-state index is 12.3. The lowest BCUT2D eigenvalue weighted by Gasteiger charge is -2.26. The minimum absolute atomic E-state index is 0.240. The molecule has 0 saturated carbocycles. The molecule has 2 aliphatic rings. The molecule has 1 atom stereocenters. The molecule has 0 unspecified atom stereocenters. The smallest absolute Gasteiger partial charge is 0.310 e. The van der Waals surface area contributed by atoms with Gasteiger partial charge in [-0.3, -0.25) is 14.4 Å². The largest absolute Gasteiger partial charge is 0.347 e. The van der Waals surface area contributed by atoms with Crippen LogP contribution in [0, 0.1) is 0 Å². The van der Waals surface area contributed by atoms with Crippen molar-refractivity contribution in [3.05, 3.63) is 29.8 Å². The van der Waals surface area contributed by atoms with Gasteiger partial charge < -0.3 is 20.4 Å².